The summed E-state index contributed by atoms with van der Waals surface area (Å²) in [5.41, 5.74) is 0.798. The summed E-state index contributed by atoms with van der Waals surface area (Å²) in [7, 11) is 0. The van der Waals surface area contributed by atoms with Crippen LogP contribution in [0.3, 0.4) is 0 Å². The van der Waals surface area contributed by atoms with Gasteiger partial charge >= 0.3 is 5.97 Å². The number of benzene rings is 1. The van der Waals surface area contributed by atoms with Crippen molar-refractivity contribution in [3.8, 4) is 0 Å². The highest BCUT2D eigenvalue weighted by Gasteiger charge is 2.28. The number of rotatable bonds is 11. The summed E-state index contributed by atoms with van der Waals surface area (Å²) in [5, 5.41) is 11.9. The van der Waals surface area contributed by atoms with Gasteiger partial charge in [0.25, 0.3) is 0 Å². The highest BCUT2D eigenvalue weighted by Crippen LogP contribution is 2.09. The average molecular weight is 434 g/mol. The normalized spacial score (nSPS) is 14.5. The van der Waals surface area contributed by atoms with Gasteiger partial charge in [-0.3, -0.25) is 19.2 Å². The molecule has 3 amide bonds. The van der Waals surface area contributed by atoms with E-state index in [1.807, 2.05) is 37.3 Å². The van der Waals surface area contributed by atoms with Crippen molar-refractivity contribution in [2.75, 3.05) is 39.4 Å². The van der Waals surface area contributed by atoms with Gasteiger partial charge in [0, 0.05) is 26.1 Å². The molecule has 0 saturated carbocycles. The number of hydrogen-bond donors (Lipinski definition) is 2. The number of ether oxygens (including phenoxy) is 1. The van der Waals surface area contributed by atoms with Crippen molar-refractivity contribution in [3.05, 3.63) is 35.9 Å². The molecule has 1 aromatic rings. The van der Waals surface area contributed by atoms with Crippen molar-refractivity contribution in [1.82, 2.24) is 15.1 Å². The zero-order valence-corrected chi connectivity index (χ0v) is 17.9. The summed E-state index contributed by atoms with van der Waals surface area (Å²) in [6.45, 7) is 3.60. The topological polar surface area (TPSA) is 116 Å². The first-order chi connectivity index (χ1) is 14.9. The lowest BCUT2D eigenvalue weighted by molar-refractivity contribution is -0.146. The van der Waals surface area contributed by atoms with Crippen molar-refractivity contribution < 1.29 is 29.0 Å². The zero-order valence-electron chi connectivity index (χ0n) is 17.9. The third-order valence-corrected chi connectivity index (χ3v) is 4.98. The van der Waals surface area contributed by atoms with Gasteiger partial charge in [-0.15, -0.1) is 0 Å². The van der Waals surface area contributed by atoms with Crippen molar-refractivity contribution in [3.63, 3.8) is 0 Å². The molecule has 0 aliphatic carbocycles. The number of carbonyl (C=O) groups excluding carboxylic acids is 3. The summed E-state index contributed by atoms with van der Waals surface area (Å²) >= 11 is 0. The lowest BCUT2D eigenvalue weighted by atomic mass is 10.1. The molecule has 1 aliphatic rings. The van der Waals surface area contributed by atoms with Crippen LogP contribution in [0.4, 0.5) is 0 Å². The van der Waals surface area contributed by atoms with Gasteiger partial charge in [-0.25, -0.2) is 0 Å². The Hall–Kier alpha value is -2.94. The predicted octanol–water partition coefficient (Wildman–Crippen LogP) is 0.676. The molecule has 1 fully saturated rings. The molecule has 1 unspecified atom stereocenters. The molecule has 0 spiro atoms. The Balaban J connectivity index is 2.06. The first-order valence-electron chi connectivity index (χ1n) is 10.6. The van der Waals surface area contributed by atoms with Crippen LogP contribution in [0.15, 0.2) is 30.3 Å². The predicted molar refractivity (Wildman–Crippen MR) is 113 cm³/mol. The van der Waals surface area contributed by atoms with E-state index in [0.717, 1.165) is 5.56 Å². The fourth-order valence-electron chi connectivity index (χ4n) is 3.44. The van der Waals surface area contributed by atoms with Crippen LogP contribution >= 0.6 is 0 Å². The molecule has 0 aromatic heterocycles. The quantitative estimate of drug-likeness (QED) is 0.530. The first-order valence-corrected chi connectivity index (χ1v) is 10.6. The number of nitrogens with zero attached hydrogens (tertiary/aromatic N) is 2. The van der Waals surface area contributed by atoms with E-state index in [1.165, 1.54) is 4.90 Å². The van der Waals surface area contributed by atoms with Gasteiger partial charge in [0.1, 0.15) is 12.6 Å². The fraction of sp³-hybridized carbons (Fsp3) is 0.545. The van der Waals surface area contributed by atoms with Crippen LogP contribution in [-0.2, 0) is 30.3 Å². The minimum atomic E-state index is -1.12. The highest BCUT2D eigenvalue weighted by molar-refractivity contribution is 5.90. The average Bonchev–Trinajstić information content (AvgIpc) is 2.76. The van der Waals surface area contributed by atoms with Gasteiger partial charge in [-0.1, -0.05) is 37.3 Å². The van der Waals surface area contributed by atoms with Gasteiger partial charge in [-0.05, 0) is 18.4 Å². The fourth-order valence-corrected chi connectivity index (χ4v) is 3.44. The third-order valence-electron chi connectivity index (χ3n) is 4.98. The van der Waals surface area contributed by atoms with Crippen LogP contribution in [0.5, 0.6) is 0 Å². The van der Waals surface area contributed by atoms with Crippen LogP contribution in [0.1, 0.15) is 31.7 Å². The number of carboxylic acid groups (broad SMARTS) is 1. The maximum atomic E-state index is 13.0. The molecule has 31 heavy (non-hydrogen) atoms. The molecular weight excluding hydrogens is 402 g/mol. The van der Waals surface area contributed by atoms with E-state index in [1.54, 1.807) is 4.90 Å². The number of morpholine rings is 1. The molecule has 1 heterocycles. The standard InChI is InChI=1S/C22H31N3O6/c1-2-10-25(16-21(28)29)22(30)18(8-9-20(27)24-11-13-31-14-12-24)23-19(26)15-17-6-4-3-5-7-17/h3-7,18H,2,8-16H2,1H3,(H,23,26)(H,28,29). The Kier molecular flexibility index (Phi) is 9.96. The molecule has 1 saturated heterocycles. The summed E-state index contributed by atoms with van der Waals surface area (Å²) in [5.74, 6) is -2.07. The maximum Gasteiger partial charge on any atom is 0.323 e. The second-order valence-electron chi connectivity index (χ2n) is 7.47. The van der Waals surface area contributed by atoms with E-state index in [2.05, 4.69) is 5.32 Å². The summed E-state index contributed by atoms with van der Waals surface area (Å²) in [6, 6.07) is 8.15. The molecular formula is C22H31N3O6. The number of aliphatic carboxylic acids is 1. The van der Waals surface area contributed by atoms with Crippen molar-refractivity contribution in [1.29, 1.82) is 0 Å². The number of nitrogens with one attached hydrogen (secondary N) is 1. The minimum Gasteiger partial charge on any atom is -0.480 e. The number of carboxylic acids is 1. The molecule has 9 heteroatoms. The van der Waals surface area contributed by atoms with Crippen molar-refractivity contribution in [2.45, 2.75) is 38.6 Å². The summed E-state index contributed by atoms with van der Waals surface area (Å²) in [6.07, 6.45) is 0.857. The smallest absolute Gasteiger partial charge is 0.323 e. The Morgan fingerprint density at radius 3 is 2.45 bits per heavy atom. The van der Waals surface area contributed by atoms with Crippen LogP contribution in [-0.4, -0.2) is 84.0 Å². The molecule has 0 bridgehead atoms. The van der Waals surface area contributed by atoms with E-state index < -0.39 is 24.5 Å². The Bertz CT molecular complexity index is 749. The van der Waals surface area contributed by atoms with Crippen molar-refractivity contribution >= 4 is 23.7 Å². The van der Waals surface area contributed by atoms with Gasteiger partial charge in [0.05, 0.1) is 19.6 Å². The monoisotopic (exact) mass is 433 g/mol. The van der Waals surface area contributed by atoms with Crippen LogP contribution in [0.25, 0.3) is 0 Å². The molecule has 1 atom stereocenters. The van der Waals surface area contributed by atoms with E-state index in [9.17, 15) is 19.2 Å². The lowest BCUT2D eigenvalue weighted by Gasteiger charge is -2.29. The first kappa shape index (κ1) is 24.3. The largest absolute Gasteiger partial charge is 0.480 e. The second-order valence-corrected chi connectivity index (χ2v) is 7.47. The van der Waals surface area contributed by atoms with Gasteiger partial charge < -0.3 is 25.0 Å². The van der Waals surface area contributed by atoms with Gasteiger partial charge in [0.15, 0.2) is 0 Å². The highest BCUT2D eigenvalue weighted by atomic mass is 16.5. The van der Waals surface area contributed by atoms with E-state index >= 15 is 0 Å². The lowest BCUT2D eigenvalue weighted by Crippen LogP contribution is -2.51. The van der Waals surface area contributed by atoms with Gasteiger partial charge in [0.2, 0.25) is 17.7 Å². The SMILES string of the molecule is CCCN(CC(=O)O)C(=O)C(CCC(=O)N1CCOCC1)NC(=O)Cc1ccccc1. The zero-order chi connectivity index (χ0) is 22.6. The number of amides is 3. The van der Waals surface area contributed by atoms with Crippen LogP contribution < -0.4 is 5.32 Å². The summed E-state index contributed by atoms with van der Waals surface area (Å²) in [4.78, 5) is 52.2. The maximum absolute atomic E-state index is 13.0. The van der Waals surface area contributed by atoms with Gasteiger partial charge in [-0.2, -0.15) is 0 Å². The number of hydrogen-bond acceptors (Lipinski definition) is 5. The molecule has 2 N–H and O–H groups in total. The van der Waals surface area contributed by atoms with Crippen LogP contribution in [0.2, 0.25) is 0 Å². The van der Waals surface area contributed by atoms with Crippen LogP contribution in [0, 0.1) is 0 Å². The van der Waals surface area contributed by atoms with E-state index in [4.69, 9.17) is 9.84 Å². The minimum absolute atomic E-state index is 0.0784. The van der Waals surface area contributed by atoms with Crippen molar-refractivity contribution in [2.24, 2.45) is 0 Å². The molecule has 1 aliphatic heterocycles. The summed E-state index contributed by atoms with van der Waals surface area (Å²) < 4.78 is 5.25. The molecule has 0 radical (unpaired) electrons. The third kappa shape index (κ3) is 8.37. The Morgan fingerprint density at radius 1 is 1.16 bits per heavy atom. The molecule has 1 aromatic carbocycles. The van der Waals surface area contributed by atoms with E-state index in [0.29, 0.717) is 32.7 Å². The molecule has 170 valence electrons. The van der Waals surface area contributed by atoms with E-state index in [-0.39, 0.29) is 37.6 Å². The second kappa shape index (κ2) is 12.7. The Morgan fingerprint density at radius 2 is 1.84 bits per heavy atom. The molecule has 2 rings (SSSR count). The number of carbonyl (C=O) groups is 4. The Labute approximate surface area is 182 Å². The molecule has 9 nitrogen and oxygen atoms in total.